The molecule has 7 rings (SSSR count). The molecule has 3 aliphatic rings. The third-order valence-corrected chi connectivity index (χ3v) is 12.9. The van der Waals surface area contributed by atoms with Crippen molar-refractivity contribution in [3.8, 4) is 0 Å². The summed E-state index contributed by atoms with van der Waals surface area (Å²) in [6, 6.07) is 18.0. The molecule has 2 N–H and O–H groups in total. The van der Waals surface area contributed by atoms with E-state index in [2.05, 4.69) is 56.4 Å². The number of carbonyl (C=O) groups excluding carboxylic acids is 1. The Kier molecular flexibility index (Phi) is 11.6. The fourth-order valence-corrected chi connectivity index (χ4v) is 9.14. The van der Waals surface area contributed by atoms with Crippen LogP contribution in [0.5, 0.6) is 0 Å². The summed E-state index contributed by atoms with van der Waals surface area (Å²) in [6.45, 7) is 10.3. The number of hydrogen-bond donors (Lipinski definition) is 2. The average molecular weight is 811 g/mol. The van der Waals surface area contributed by atoms with E-state index >= 15 is 0 Å². The molecule has 2 saturated heterocycles. The number of nitrogens with one attached hydrogen (secondary N) is 2. The van der Waals surface area contributed by atoms with Gasteiger partial charge in [0, 0.05) is 74.1 Å². The number of amides is 1. The molecule has 0 radical (unpaired) electrons. The number of allylic oxidation sites excluding steroid dienone is 1. The molecule has 2 fully saturated rings. The third kappa shape index (κ3) is 8.83. The third-order valence-electron chi connectivity index (χ3n) is 11.1. The number of anilines is 3. The standard InChI is InChI=1S/C41H46ClF3N6O4S/c1-40(2)16-13-33(28-3-7-31(42)8-4-28)30(23-40)25-50-17-19-51(20-18-50)32-9-5-29(6-10-32)39(52)49-38-34-11-12-35(46-24-27-14-21-55-22-15-27)37(36(34)47-26-48-38)56(53,54)41(43,44)45/h3-12,26-27,46H,13-25H2,1-2H3,(H,47,48,49,52). The number of aromatic nitrogens is 2. The summed E-state index contributed by atoms with van der Waals surface area (Å²) < 4.78 is 73.2. The number of piperazine rings is 1. The molecule has 4 aromatic rings. The smallest absolute Gasteiger partial charge is 0.384 e. The number of carbonyl (C=O) groups is 1. The van der Waals surface area contributed by atoms with Crippen LogP contribution >= 0.6 is 11.6 Å². The zero-order valence-corrected chi connectivity index (χ0v) is 33.0. The van der Waals surface area contributed by atoms with Gasteiger partial charge in [0.2, 0.25) is 0 Å². The summed E-state index contributed by atoms with van der Waals surface area (Å²) >= 11 is 6.18. The van der Waals surface area contributed by atoms with Crippen LogP contribution in [0.4, 0.5) is 30.4 Å². The molecule has 1 aromatic heterocycles. The van der Waals surface area contributed by atoms with Gasteiger partial charge in [-0.15, -0.1) is 0 Å². The Morgan fingerprint density at radius 3 is 2.34 bits per heavy atom. The Balaban J connectivity index is 1.03. The van der Waals surface area contributed by atoms with Crippen LogP contribution in [0.3, 0.4) is 0 Å². The molecule has 1 aliphatic carbocycles. The molecule has 298 valence electrons. The van der Waals surface area contributed by atoms with E-state index in [9.17, 15) is 26.4 Å². The Bertz CT molecular complexity index is 2200. The van der Waals surface area contributed by atoms with Gasteiger partial charge in [0.05, 0.1) is 11.2 Å². The predicted octanol–water partition coefficient (Wildman–Crippen LogP) is 8.45. The molecule has 15 heteroatoms. The van der Waals surface area contributed by atoms with Crippen molar-refractivity contribution in [2.75, 3.05) is 68.0 Å². The predicted molar refractivity (Wildman–Crippen MR) is 214 cm³/mol. The second-order valence-corrected chi connectivity index (χ2v) is 18.0. The van der Waals surface area contributed by atoms with Crippen molar-refractivity contribution in [3.05, 3.63) is 88.7 Å². The highest BCUT2D eigenvalue weighted by Gasteiger charge is 2.49. The van der Waals surface area contributed by atoms with Crippen LogP contribution in [-0.4, -0.2) is 87.2 Å². The van der Waals surface area contributed by atoms with Crippen molar-refractivity contribution in [3.63, 3.8) is 0 Å². The van der Waals surface area contributed by atoms with Gasteiger partial charge >= 0.3 is 5.51 Å². The Hall–Kier alpha value is -4.24. The SMILES string of the molecule is CC1(C)CCC(c2ccc(Cl)cc2)=C(CN2CCN(c3ccc(C(=O)Nc4ncnc5c(S(=O)(=O)C(F)(F)F)c(NCC6CCOCC6)ccc45)cc3)CC2)C1. The fraction of sp³-hybridized carbons (Fsp3) is 0.439. The number of hydrogen-bond acceptors (Lipinski definition) is 9. The van der Waals surface area contributed by atoms with Crippen LogP contribution in [0.1, 0.15) is 61.9 Å². The van der Waals surface area contributed by atoms with Crippen molar-refractivity contribution in [1.82, 2.24) is 14.9 Å². The van der Waals surface area contributed by atoms with E-state index < -0.39 is 31.7 Å². The number of nitrogens with zero attached hydrogens (tertiary/aromatic N) is 4. The van der Waals surface area contributed by atoms with E-state index in [4.69, 9.17) is 16.3 Å². The highest BCUT2D eigenvalue weighted by atomic mass is 35.5. The van der Waals surface area contributed by atoms with Gasteiger partial charge in [-0.3, -0.25) is 9.69 Å². The van der Waals surface area contributed by atoms with Crippen molar-refractivity contribution in [1.29, 1.82) is 0 Å². The molecular weight excluding hydrogens is 765 g/mol. The molecule has 10 nitrogen and oxygen atoms in total. The number of alkyl halides is 3. The number of benzene rings is 3. The fourth-order valence-electron chi connectivity index (χ4n) is 7.94. The van der Waals surface area contributed by atoms with E-state index in [-0.39, 0.29) is 34.8 Å². The van der Waals surface area contributed by atoms with Gasteiger partial charge in [0.15, 0.2) is 0 Å². The zero-order chi connectivity index (χ0) is 39.7. The highest BCUT2D eigenvalue weighted by molar-refractivity contribution is 7.92. The first-order valence-electron chi connectivity index (χ1n) is 18.9. The van der Waals surface area contributed by atoms with Gasteiger partial charge in [0.25, 0.3) is 15.7 Å². The quantitative estimate of drug-likeness (QED) is 0.163. The second kappa shape index (κ2) is 16.3. The van der Waals surface area contributed by atoms with E-state index in [0.717, 1.165) is 69.0 Å². The first-order valence-corrected chi connectivity index (χ1v) is 20.8. The average Bonchev–Trinajstić information content (AvgIpc) is 3.17. The minimum atomic E-state index is -5.84. The molecule has 0 unspecified atom stereocenters. The first kappa shape index (κ1) is 40.0. The molecule has 56 heavy (non-hydrogen) atoms. The molecule has 3 heterocycles. The van der Waals surface area contributed by atoms with E-state index in [0.29, 0.717) is 31.6 Å². The van der Waals surface area contributed by atoms with Gasteiger partial charge in [0.1, 0.15) is 17.0 Å². The molecular formula is C41H46ClF3N6O4S. The van der Waals surface area contributed by atoms with Gasteiger partial charge in [-0.1, -0.05) is 43.2 Å². The molecule has 0 atom stereocenters. The minimum absolute atomic E-state index is 0.0392. The summed E-state index contributed by atoms with van der Waals surface area (Å²) in [6.07, 6.45) is 5.60. The van der Waals surface area contributed by atoms with Gasteiger partial charge in [-0.25, -0.2) is 18.4 Å². The summed E-state index contributed by atoms with van der Waals surface area (Å²) in [5.41, 5.74) is -0.538. The number of rotatable bonds is 10. The van der Waals surface area contributed by atoms with Crippen molar-refractivity contribution in [2.24, 2.45) is 11.3 Å². The Morgan fingerprint density at radius 2 is 1.66 bits per heavy atom. The number of ether oxygens (including phenoxy) is 1. The molecule has 0 spiro atoms. The summed E-state index contributed by atoms with van der Waals surface area (Å²) in [4.78, 5) is 25.3. The monoisotopic (exact) mass is 810 g/mol. The molecule has 0 saturated carbocycles. The van der Waals surface area contributed by atoms with Gasteiger partial charge in [-0.05, 0) is 103 Å². The van der Waals surface area contributed by atoms with Crippen LogP contribution in [0, 0.1) is 11.3 Å². The van der Waals surface area contributed by atoms with Crippen LogP contribution in [0.2, 0.25) is 5.02 Å². The maximum atomic E-state index is 14.0. The molecule has 3 aromatic carbocycles. The molecule has 1 amide bonds. The lowest BCUT2D eigenvalue weighted by atomic mass is 9.73. The first-order chi connectivity index (χ1) is 26.7. The maximum absolute atomic E-state index is 14.0. The maximum Gasteiger partial charge on any atom is 0.502 e. The summed E-state index contributed by atoms with van der Waals surface area (Å²) in [5, 5.41) is 6.26. The topological polar surface area (TPSA) is 117 Å². The number of halogens is 4. The normalized spacial score (nSPS) is 18.6. The second-order valence-electron chi connectivity index (χ2n) is 15.6. The van der Waals surface area contributed by atoms with Gasteiger partial charge in [-0.2, -0.15) is 13.2 Å². The lowest BCUT2D eigenvalue weighted by molar-refractivity contribution is -0.0435. The highest BCUT2D eigenvalue weighted by Crippen LogP contribution is 2.43. The largest absolute Gasteiger partial charge is 0.502 e. The van der Waals surface area contributed by atoms with E-state index in [1.807, 2.05) is 24.3 Å². The van der Waals surface area contributed by atoms with Crippen molar-refractivity contribution >= 4 is 61.0 Å². The molecule has 2 aliphatic heterocycles. The van der Waals surface area contributed by atoms with Crippen LogP contribution in [-0.2, 0) is 14.6 Å². The zero-order valence-electron chi connectivity index (χ0n) is 31.5. The minimum Gasteiger partial charge on any atom is -0.384 e. The van der Waals surface area contributed by atoms with E-state index in [1.165, 1.54) is 28.8 Å². The summed E-state index contributed by atoms with van der Waals surface area (Å²) in [7, 11) is -5.84. The van der Waals surface area contributed by atoms with Crippen LogP contribution < -0.4 is 15.5 Å². The van der Waals surface area contributed by atoms with Crippen molar-refractivity contribution in [2.45, 2.75) is 56.4 Å². The lowest BCUT2D eigenvalue weighted by Crippen LogP contribution is -2.47. The Labute approximate surface area is 330 Å². The van der Waals surface area contributed by atoms with Crippen LogP contribution in [0.15, 0.2) is 77.5 Å². The molecule has 0 bridgehead atoms. The number of fused-ring (bicyclic) bond motifs is 1. The van der Waals surface area contributed by atoms with Crippen LogP contribution in [0.25, 0.3) is 16.5 Å². The van der Waals surface area contributed by atoms with Gasteiger partial charge < -0.3 is 20.3 Å². The number of sulfone groups is 1. The Morgan fingerprint density at radius 1 is 0.964 bits per heavy atom. The van der Waals surface area contributed by atoms with Crippen molar-refractivity contribution < 1.29 is 31.1 Å². The van der Waals surface area contributed by atoms with E-state index in [1.54, 1.807) is 12.1 Å². The lowest BCUT2D eigenvalue weighted by Gasteiger charge is -2.39. The summed E-state index contributed by atoms with van der Waals surface area (Å²) in [5.74, 6) is -0.558.